The summed E-state index contributed by atoms with van der Waals surface area (Å²) in [4.78, 5) is 1.21. The fraction of sp³-hybridized carbons (Fsp3) is 0.375. The highest BCUT2D eigenvalue weighted by atomic mass is 32.1. The zero-order valence-corrected chi connectivity index (χ0v) is 12.2. The lowest BCUT2D eigenvalue weighted by atomic mass is 10.1. The van der Waals surface area contributed by atoms with Gasteiger partial charge in [-0.05, 0) is 41.8 Å². The molecule has 1 nitrogen and oxygen atoms in total. The number of nitrogens with one attached hydrogen (secondary N) is 1. The average molecular weight is 311 g/mol. The van der Waals surface area contributed by atoms with Gasteiger partial charge < -0.3 is 5.32 Å². The van der Waals surface area contributed by atoms with Crippen LogP contribution in [0.5, 0.6) is 0 Å². The van der Waals surface area contributed by atoms with Crippen LogP contribution in [0.1, 0.15) is 34.9 Å². The molecule has 1 aromatic heterocycles. The summed E-state index contributed by atoms with van der Waals surface area (Å²) in [7, 11) is 0. The molecular weight excluding hydrogens is 295 g/mol. The topological polar surface area (TPSA) is 12.0 Å². The summed E-state index contributed by atoms with van der Waals surface area (Å²) in [6.45, 7) is 0.245. The van der Waals surface area contributed by atoms with Crippen LogP contribution in [0.15, 0.2) is 41.8 Å². The Labute approximate surface area is 125 Å². The first-order chi connectivity index (χ1) is 10.1. The summed E-state index contributed by atoms with van der Waals surface area (Å²) in [6.07, 6.45) is -2.00. The molecule has 1 N–H and O–H groups in total. The molecule has 0 radical (unpaired) electrons. The van der Waals surface area contributed by atoms with Crippen molar-refractivity contribution >= 4 is 11.3 Å². The first-order valence-corrected chi connectivity index (χ1v) is 7.85. The van der Waals surface area contributed by atoms with Crippen molar-refractivity contribution in [1.82, 2.24) is 5.32 Å². The molecule has 1 aliphatic rings. The van der Waals surface area contributed by atoms with E-state index in [2.05, 4.69) is 11.4 Å². The normalized spacial score (nSPS) is 16.9. The molecule has 0 amide bonds. The third kappa shape index (κ3) is 3.47. The smallest absolute Gasteiger partial charge is 0.305 e. The molecule has 1 unspecified atom stereocenters. The zero-order valence-electron chi connectivity index (χ0n) is 11.4. The summed E-state index contributed by atoms with van der Waals surface area (Å²) >= 11 is 1.66. The van der Waals surface area contributed by atoms with Gasteiger partial charge in [0, 0.05) is 17.5 Å². The fourth-order valence-corrected chi connectivity index (χ4v) is 3.46. The van der Waals surface area contributed by atoms with Gasteiger partial charge in [-0.1, -0.05) is 24.3 Å². The molecule has 1 saturated carbocycles. The van der Waals surface area contributed by atoms with Crippen molar-refractivity contribution < 1.29 is 13.2 Å². The molecule has 1 aromatic carbocycles. The number of alkyl halides is 3. The Morgan fingerprint density at radius 2 is 1.90 bits per heavy atom. The van der Waals surface area contributed by atoms with Crippen LogP contribution in [0.25, 0.3) is 0 Å². The van der Waals surface area contributed by atoms with Crippen LogP contribution in [0.2, 0.25) is 0 Å². The van der Waals surface area contributed by atoms with Gasteiger partial charge in [-0.25, -0.2) is 0 Å². The SMILES string of the molecule is FC(F)(F)c1ccccc1CNC(c1cccs1)C1CC1. The Morgan fingerprint density at radius 3 is 2.52 bits per heavy atom. The number of halogens is 3. The van der Waals surface area contributed by atoms with Crippen LogP contribution in [0.3, 0.4) is 0 Å². The Bertz CT molecular complexity index is 588. The summed E-state index contributed by atoms with van der Waals surface area (Å²) < 4.78 is 39.0. The second-order valence-electron chi connectivity index (χ2n) is 5.37. The third-order valence-corrected chi connectivity index (χ3v) is 4.73. The van der Waals surface area contributed by atoms with E-state index in [0.29, 0.717) is 11.5 Å². The van der Waals surface area contributed by atoms with Crippen LogP contribution in [-0.2, 0) is 12.7 Å². The van der Waals surface area contributed by atoms with Gasteiger partial charge in [-0.15, -0.1) is 11.3 Å². The fourth-order valence-electron chi connectivity index (χ4n) is 2.57. The van der Waals surface area contributed by atoms with E-state index in [1.807, 2.05) is 11.4 Å². The van der Waals surface area contributed by atoms with E-state index < -0.39 is 11.7 Å². The van der Waals surface area contributed by atoms with E-state index in [-0.39, 0.29) is 12.6 Å². The minimum Gasteiger partial charge on any atom is -0.305 e. The molecular formula is C16H16F3NS. The van der Waals surface area contributed by atoms with Gasteiger partial charge in [0.15, 0.2) is 0 Å². The molecule has 0 bridgehead atoms. The van der Waals surface area contributed by atoms with Crippen LogP contribution in [0.4, 0.5) is 13.2 Å². The summed E-state index contributed by atoms with van der Waals surface area (Å²) in [5.74, 6) is 0.557. The molecule has 5 heteroatoms. The van der Waals surface area contributed by atoms with Crippen LogP contribution in [0, 0.1) is 5.92 Å². The van der Waals surface area contributed by atoms with Gasteiger partial charge >= 0.3 is 6.18 Å². The van der Waals surface area contributed by atoms with Crippen molar-refractivity contribution in [3.63, 3.8) is 0 Å². The Hall–Kier alpha value is -1.33. The molecule has 0 spiro atoms. The van der Waals surface area contributed by atoms with E-state index in [1.54, 1.807) is 23.5 Å². The molecule has 0 aliphatic heterocycles. The monoisotopic (exact) mass is 311 g/mol. The van der Waals surface area contributed by atoms with Gasteiger partial charge in [0.05, 0.1) is 5.56 Å². The second kappa shape index (κ2) is 5.81. The molecule has 1 aliphatic carbocycles. The largest absolute Gasteiger partial charge is 0.416 e. The van der Waals surface area contributed by atoms with Gasteiger partial charge in [-0.2, -0.15) is 13.2 Å². The first kappa shape index (κ1) is 14.6. The lowest BCUT2D eigenvalue weighted by molar-refractivity contribution is -0.138. The lowest BCUT2D eigenvalue weighted by Crippen LogP contribution is -2.23. The predicted molar refractivity (Wildman–Crippen MR) is 78.1 cm³/mol. The standard InChI is InChI=1S/C16H16F3NS/c17-16(18,19)13-5-2-1-4-12(13)10-20-15(11-7-8-11)14-6-3-9-21-14/h1-6,9,11,15,20H,7-8,10H2. The zero-order chi connectivity index (χ0) is 14.9. The van der Waals surface area contributed by atoms with Gasteiger partial charge in [-0.3, -0.25) is 0 Å². The van der Waals surface area contributed by atoms with Gasteiger partial charge in [0.25, 0.3) is 0 Å². The van der Waals surface area contributed by atoms with Crippen molar-refractivity contribution in [2.45, 2.75) is 31.6 Å². The molecule has 112 valence electrons. The maximum absolute atomic E-state index is 13.0. The minimum atomic E-state index is -4.30. The molecule has 1 atom stereocenters. The highest BCUT2D eigenvalue weighted by Crippen LogP contribution is 2.42. The third-order valence-electron chi connectivity index (χ3n) is 3.78. The van der Waals surface area contributed by atoms with Crippen LogP contribution in [-0.4, -0.2) is 0 Å². The van der Waals surface area contributed by atoms with E-state index in [4.69, 9.17) is 0 Å². The molecule has 21 heavy (non-hydrogen) atoms. The van der Waals surface area contributed by atoms with Crippen molar-refractivity contribution in [1.29, 1.82) is 0 Å². The van der Waals surface area contributed by atoms with E-state index in [0.717, 1.165) is 18.9 Å². The Kier molecular flexibility index (Phi) is 4.04. The Balaban J connectivity index is 1.75. The molecule has 1 fully saturated rings. The number of hydrogen-bond donors (Lipinski definition) is 1. The maximum Gasteiger partial charge on any atom is 0.416 e. The number of benzene rings is 1. The minimum absolute atomic E-state index is 0.172. The van der Waals surface area contributed by atoms with E-state index in [9.17, 15) is 13.2 Å². The van der Waals surface area contributed by atoms with E-state index in [1.165, 1.54) is 10.9 Å². The predicted octanol–water partition coefficient (Wildman–Crippen LogP) is 5.01. The summed E-state index contributed by atoms with van der Waals surface area (Å²) in [5, 5.41) is 5.33. The summed E-state index contributed by atoms with van der Waals surface area (Å²) in [5.41, 5.74) is -0.231. The highest BCUT2D eigenvalue weighted by Gasteiger charge is 2.35. The molecule has 0 saturated heterocycles. The van der Waals surface area contributed by atoms with Crippen LogP contribution < -0.4 is 5.32 Å². The quantitative estimate of drug-likeness (QED) is 0.818. The van der Waals surface area contributed by atoms with Crippen LogP contribution >= 0.6 is 11.3 Å². The van der Waals surface area contributed by atoms with Crippen molar-refractivity contribution in [3.8, 4) is 0 Å². The van der Waals surface area contributed by atoms with Crippen molar-refractivity contribution in [2.75, 3.05) is 0 Å². The highest BCUT2D eigenvalue weighted by molar-refractivity contribution is 7.10. The van der Waals surface area contributed by atoms with Gasteiger partial charge in [0.1, 0.15) is 0 Å². The number of thiophene rings is 1. The first-order valence-electron chi connectivity index (χ1n) is 6.97. The molecule has 1 heterocycles. The number of hydrogen-bond acceptors (Lipinski definition) is 2. The van der Waals surface area contributed by atoms with Crippen molar-refractivity contribution in [2.24, 2.45) is 5.92 Å². The summed E-state index contributed by atoms with van der Waals surface area (Å²) in [6, 6.07) is 10.00. The lowest BCUT2D eigenvalue weighted by Gasteiger charge is -2.19. The molecule has 3 rings (SSSR count). The molecule has 2 aromatic rings. The second-order valence-corrected chi connectivity index (χ2v) is 6.35. The van der Waals surface area contributed by atoms with E-state index >= 15 is 0 Å². The van der Waals surface area contributed by atoms with Gasteiger partial charge in [0.2, 0.25) is 0 Å². The maximum atomic E-state index is 13.0. The average Bonchev–Trinajstić information content (AvgIpc) is 3.13. The Morgan fingerprint density at radius 1 is 1.14 bits per heavy atom. The van der Waals surface area contributed by atoms with Crippen molar-refractivity contribution in [3.05, 3.63) is 57.8 Å². The number of rotatable bonds is 5.